The summed E-state index contributed by atoms with van der Waals surface area (Å²) < 4.78 is 10.9. The highest BCUT2D eigenvalue weighted by molar-refractivity contribution is 5.52. The molecule has 0 bridgehead atoms. The lowest BCUT2D eigenvalue weighted by molar-refractivity contribution is 0.298. The number of rotatable bonds is 4. The third-order valence-corrected chi connectivity index (χ3v) is 2.71. The number of nitrogen functional groups attached to an aromatic ring is 1. The minimum atomic E-state index is 0.299. The summed E-state index contributed by atoms with van der Waals surface area (Å²) >= 11 is 0. The lowest BCUT2D eigenvalue weighted by atomic mass is 10.1. The highest BCUT2D eigenvalue weighted by Gasteiger charge is 2.06. The average molecular weight is 254 g/mol. The Hall–Kier alpha value is -2.67. The first-order valence-corrected chi connectivity index (χ1v) is 5.79. The first kappa shape index (κ1) is 12.8. The second-order valence-electron chi connectivity index (χ2n) is 3.96. The lowest BCUT2D eigenvalue weighted by Crippen LogP contribution is -2.01. The molecule has 2 aromatic rings. The fourth-order valence-corrected chi connectivity index (χ4v) is 1.73. The van der Waals surface area contributed by atoms with Crippen LogP contribution in [-0.4, -0.2) is 7.11 Å². The largest absolute Gasteiger partial charge is 0.496 e. The molecule has 96 valence electrons. The predicted molar refractivity (Wildman–Crippen MR) is 72.9 cm³/mol. The van der Waals surface area contributed by atoms with Crippen LogP contribution in [0.3, 0.4) is 0 Å². The van der Waals surface area contributed by atoms with Crippen molar-refractivity contribution in [3.63, 3.8) is 0 Å². The van der Waals surface area contributed by atoms with Crippen molar-refractivity contribution in [1.29, 1.82) is 5.26 Å². The Labute approximate surface area is 112 Å². The molecule has 0 fully saturated rings. The summed E-state index contributed by atoms with van der Waals surface area (Å²) in [6.07, 6.45) is 0. The molecule has 2 aromatic carbocycles. The molecule has 0 amide bonds. The molecule has 0 saturated carbocycles. The van der Waals surface area contributed by atoms with Gasteiger partial charge in [0, 0.05) is 5.56 Å². The van der Waals surface area contributed by atoms with E-state index in [1.807, 2.05) is 12.1 Å². The molecule has 4 heteroatoms. The van der Waals surface area contributed by atoms with E-state index in [4.69, 9.17) is 20.5 Å². The van der Waals surface area contributed by atoms with Crippen molar-refractivity contribution in [1.82, 2.24) is 0 Å². The van der Waals surface area contributed by atoms with Gasteiger partial charge in [-0.05, 0) is 30.3 Å². The van der Waals surface area contributed by atoms with Gasteiger partial charge < -0.3 is 15.2 Å². The van der Waals surface area contributed by atoms with E-state index < -0.39 is 0 Å². The maximum Gasteiger partial charge on any atom is 0.142 e. The van der Waals surface area contributed by atoms with Crippen LogP contribution in [0, 0.1) is 11.3 Å². The second kappa shape index (κ2) is 5.78. The average Bonchev–Trinajstić information content (AvgIpc) is 2.46. The van der Waals surface area contributed by atoms with Crippen LogP contribution in [0.2, 0.25) is 0 Å². The van der Waals surface area contributed by atoms with Gasteiger partial charge in [-0.3, -0.25) is 0 Å². The fourth-order valence-electron chi connectivity index (χ4n) is 1.73. The highest BCUT2D eigenvalue weighted by Crippen LogP contribution is 2.25. The van der Waals surface area contributed by atoms with Crippen LogP contribution in [0.5, 0.6) is 11.5 Å². The Balaban J connectivity index is 2.19. The molecule has 0 spiro atoms. The number of ether oxygens (including phenoxy) is 2. The number of nitriles is 1. The van der Waals surface area contributed by atoms with Gasteiger partial charge in [0.05, 0.1) is 24.4 Å². The Kier molecular flexibility index (Phi) is 3.89. The van der Waals surface area contributed by atoms with Crippen LogP contribution in [-0.2, 0) is 6.61 Å². The van der Waals surface area contributed by atoms with Gasteiger partial charge >= 0.3 is 0 Å². The van der Waals surface area contributed by atoms with Crippen LogP contribution in [0.25, 0.3) is 0 Å². The molecule has 0 aliphatic rings. The second-order valence-corrected chi connectivity index (χ2v) is 3.96. The van der Waals surface area contributed by atoms with Gasteiger partial charge in [-0.25, -0.2) is 0 Å². The van der Waals surface area contributed by atoms with Crippen LogP contribution in [0.15, 0.2) is 42.5 Å². The molecule has 4 nitrogen and oxygen atoms in total. The molecule has 0 unspecified atom stereocenters. The smallest absolute Gasteiger partial charge is 0.142 e. The molecule has 2 N–H and O–H groups in total. The molecule has 2 rings (SSSR count). The number of hydrogen-bond donors (Lipinski definition) is 1. The quantitative estimate of drug-likeness (QED) is 0.852. The maximum atomic E-state index is 8.90. The van der Waals surface area contributed by atoms with Crippen molar-refractivity contribution in [2.24, 2.45) is 0 Å². The molecular weight excluding hydrogens is 240 g/mol. The zero-order valence-corrected chi connectivity index (χ0v) is 10.6. The van der Waals surface area contributed by atoms with Crippen LogP contribution in [0.4, 0.5) is 5.69 Å². The molecular formula is C15H14N2O2. The third-order valence-electron chi connectivity index (χ3n) is 2.71. The number of nitrogens with two attached hydrogens (primary N) is 1. The minimum absolute atomic E-state index is 0.299. The Morgan fingerprint density at radius 2 is 1.95 bits per heavy atom. The van der Waals surface area contributed by atoms with E-state index in [-0.39, 0.29) is 0 Å². The predicted octanol–water partition coefficient (Wildman–Crippen LogP) is 2.73. The highest BCUT2D eigenvalue weighted by atomic mass is 16.5. The molecule has 0 aliphatic heterocycles. The molecule has 19 heavy (non-hydrogen) atoms. The number of para-hydroxylation sites is 2. The minimum Gasteiger partial charge on any atom is -0.496 e. The summed E-state index contributed by atoms with van der Waals surface area (Å²) in [4.78, 5) is 0. The standard InChI is InChI=1S/C15H14N2O2/c1-18-14-7-6-11(9-16)8-12(14)10-19-15-5-3-2-4-13(15)17/h2-8H,10,17H2,1H3. The normalized spacial score (nSPS) is 9.68. The summed E-state index contributed by atoms with van der Waals surface area (Å²) in [5.74, 6) is 1.31. The fraction of sp³-hybridized carbons (Fsp3) is 0.133. The van der Waals surface area contributed by atoms with Crippen LogP contribution < -0.4 is 15.2 Å². The zero-order valence-electron chi connectivity index (χ0n) is 10.6. The van der Waals surface area contributed by atoms with Crippen LogP contribution in [0.1, 0.15) is 11.1 Å². The first-order chi connectivity index (χ1) is 9.24. The molecule has 0 aliphatic carbocycles. The lowest BCUT2D eigenvalue weighted by Gasteiger charge is -2.11. The van der Waals surface area contributed by atoms with E-state index in [9.17, 15) is 0 Å². The summed E-state index contributed by atoms with van der Waals surface area (Å²) in [5.41, 5.74) is 7.76. The van der Waals surface area contributed by atoms with Gasteiger partial charge in [0.15, 0.2) is 0 Å². The number of benzene rings is 2. The van der Waals surface area contributed by atoms with Crippen molar-refractivity contribution in [2.75, 3.05) is 12.8 Å². The summed E-state index contributed by atoms with van der Waals surface area (Å²) in [6, 6.07) is 14.6. The zero-order chi connectivity index (χ0) is 13.7. The van der Waals surface area contributed by atoms with Crippen molar-refractivity contribution in [3.8, 4) is 17.6 Å². The number of methoxy groups -OCH3 is 1. The topological polar surface area (TPSA) is 68.3 Å². The number of nitrogens with zero attached hydrogens (tertiary/aromatic N) is 1. The third kappa shape index (κ3) is 2.96. The molecule has 0 radical (unpaired) electrons. The van der Waals surface area contributed by atoms with Crippen molar-refractivity contribution < 1.29 is 9.47 Å². The molecule has 0 saturated heterocycles. The Morgan fingerprint density at radius 3 is 2.63 bits per heavy atom. The van der Waals surface area contributed by atoms with Gasteiger partial charge in [0.25, 0.3) is 0 Å². The van der Waals surface area contributed by atoms with E-state index in [0.717, 1.165) is 5.56 Å². The number of hydrogen-bond acceptors (Lipinski definition) is 4. The van der Waals surface area contributed by atoms with Gasteiger partial charge in [-0.1, -0.05) is 12.1 Å². The number of anilines is 1. The van der Waals surface area contributed by atoms with Crippen molar-refractivity contribution in [2.45, 2.75) is 6.61 Å². The van der Waals surface area contributed by atoms with Crippen molar-refractivity contribution >= 4 is 5.69 Å². The van der Waals surface area contributed by atoms with Gasteiger partial charge in [-0.15, -0.1) is 0 Å². The Morgan fingerprint density at radius 1 is 1.16 bits per heavy atom. The summed E-state index contributed by atoms with van der Waals surface area (Å²) in [5, 5.41) is 8.90. The van der Waals surface area contributed by atoms with E-state index in [2.05, 4.69) is 6.07 Å². The molecule has 0 aromatic heterocycles. The van der Waals surface area contributed by atoms with Crippen LogP contribution >= 0.6 is 0 Å². The summed E-state index contributed by atoms with van der Waals surface area (Å²) in [6.45, 7) is 0.299. The van der Waals surface area contributed by atoms with Gasteiger partial charge in [-0.2, -0.15) is 5.26 Å². The van der Waals surface area contributed by atoms with Crippen molar-refractivity contribution in [3.05, 3.63) is 53.6 Å². The van der Waals surface area contributed by atoms with E-state index in [1.165, 1.54) is 0 Å². The van der Waals surface area contributed by atoms with Gasteiger partial charge in [0.2, 0.25) is 0 Å². The van der Waals surface area contributed by atoms with E-state index >= 15 is 0 Å². The Bertz CT molecular complexity index is 618. The van der Waals surface area contributed by atoms with Gasteiger partial charge in [0.1, 0.15) is 18.1 Å². The molecule has 0 atom stereocenters. The summed E-state index contributed by atoms with van der Waals surface area (Å²) in [7, 11) is 1.59. The van der Waals surface area contributed by atoms with E-state index in [0.29, 0.717) is 29.4 Å². The maximum absolute atomic E-state index is 8.90. The SMILES string of the molecule is COc1ccc(C#N)cc1COc1ccccc1N. The monoisotopic (exact) mass is 254 g/mol. The van der Waals surface area contributed by atoms with E-state index in [1.54, 1.807) is 37.4 Å². The first-order valence-electron chi connectivity index (χ1n) is 5.79. The molecule has 0 heterocycles.